The number of likely N-dealkylation sites (tertiary alicyclic amines) is 1. The molecule has 140 valence electrons. The molecule has 1 aromatic heterocycles. The number of piperidine rings is 1. The quantitative estimate of drug-likeness (QED) is 0.846. The summed E-state index contributed by atoms with van der Waals surface area (Å²) in [6, 6.07) is 8.56. The number of fused-ring (bicyclic) bond motifs is 1. The third-order valence-electron chi connectivity index (χ3n) is 5.90. The van der Waals surface area contributed by atoms with Gasteiger partial charge in [-0.05, 0) is 31.7 Å². The highest BCUT2D eigenvalue weighted by atomic mass is 16.5. The van der Waals surface area contributed by atoms with Crippen LogP contribution in [0.15, 0.2) is 30.5 Å². The van der Waals surface area contributed by atoms with Gasteiger partial charge in [0.25, 0.3) is 5.91 Å². The van der Waals surface area contributed by atoms with Crippen molar-refractivity contribution in [2.75, 3.05) is 39.4 Å². The number of nitrogens with zero attached hydrogens (tertiary/aromatic N) is 3. The van der Waals surface area contributed by atoms with Crippen LogP contribution in [-0.4, -0.2) is 65.7 Å². The molecule has 5 heteroatoms. The SMILES string of the molecule is Cn1cc(C(=O)N2CCCC[C@H]2CCN2CCOCC2)c2ccccc21. The van der Waals surface area contributed by atoms with E-state index in [2.05, 4.69) is 26.5 Å². The number of benzene rings is 1. The Kier molecular flexibility index (Phi) is 5.27. The Morgan fingerprint density at radius 2 is 1.96 bits per heavy atom. The van der Waals surface area contributed by atoms with E-state index in [0.29, 0.717) is 6.04 Å². The molecule has 4 rings (SSSR count). The fourth-order valence-corrected chi connectivity index (χ4v) is 4.39. The lowest BCUT2D eigenvalue weighted by molar-refractivity contribution is 0.0296. The average Bonchev–Trinajstić information content (AvgIpc) is 3.04. The normalized spacial score (nSPS) is 22.0. The fourth-order valence-electron chi connectivity index (χ4n) is 4.39. The molecule has 5 nitrogen and oxygen atoms in total. The predicted octanol–water partition coefficient (Wildman–Crippen LogP) is 2.90. The zero-order valence-corrected chi connectivity index (χ0v) is 15.7. The molecular formula is C21H29N3O2. The second-order valence-corrected chi connectivity index (χ2v) is 7.56. The van der Waals surface area contributed by atoms with Gasteiger partial charge in [0.1, 0.15) is 0 Å². The molecule has 26 heavy (non-hydrogen) atoms. The number of amides is 1. The minimum absolute atomic E-state index is 0.202. The maximum absolute atomic E-state index is 13.4. The van der Waals surface area contributed by atoms with Crippen LogP contribution in [0.3, 0.4) is 0 Å². The first-order valence-electron chi connectivity index (χ1n) is 9.89. The minimum Gasteiger partial charge on any atom is -0.379 e. The van der Waals surface area contributed by atoms with E-state index in [1.165, 1.54) is 6.42 Å². The van der Waals surface area contributed by atoms with Crippen molar-refractivity contribution in [2.24, 2.45) is 7.05 Å². The molecule has 2 fully saturated rings. The standard InChI is InChI=1S/C21H29N3O2/c1-22-16-19(18-7-2-3-8-20(18)22)21(25)24-10-5-4-6-17(24)9-11-23-12-14-26-15-13-23/h2-3,7-8,16-17H,4-6,9-15H2,1H3/t17-/m0/s1. The summed E-state index contributed by atoms with van der Waals surface area (Å²) in [5, 5.41) is 1.07. The molecule has 0 bridgehead atoms. The minimum atomic E-state index is 0.202. The van der Waals surface area contributed by atoms with Crippen LogP contribution in [0.25, 0.3) is 10.9 Å². The van der Waals surface area contributed by atoms with Crippen LogP contribution in [0.4, 0.5) is 0 Å². The molecule has 3 heterocycles. The van der Waals surface area contributed by atoms with Gasteiger partial charge >= 0.3 is 0 Å². The van der Waals surface area contributed by atoms with Gasteiger partial charge < -0.3 is 14.2 Å². The molecule has 2 aliphatic heterocycles. The third kappa shape index (κ3) is 3.51. The molecule has 1 aromatic carbocycles. The molecule has 0 saturated carbocycles. The third-order valence-corrected chi connectivity index (χ3v) is 5.90. The summed E-state index contributed by atoms with van der Waals surface area (Å²) in [5.74, 6) is 0.202. The lowest BCUT2D eigenvalue weighted by Gasteiger charge is -2.37. The molecule has 2 aromatic rings. The average molecular weight is 355 g/mol. The molecule has 0 aliphatic carbocycles. The molecular weight excluding hydrogens is 326 g/mol. The van der Waals surface area contributed by atoms with Crippen molar-refractivity contribution in [3.63, 3.8) is 0 Å². The van der Waals surface area contributed by atoms with Gasteiger partial charge in [-0.3, -0.25) is 9.69 Å². The first-order chi connectivity index (χ1) is 12.7. The Morgan fingerprint density at radius 1 is 1.15 bits per heavy atom. The van der Waals surface area contributed by atoms with E-state index >= 15 is 0 Å². The molecule has 0 spiro atoms. The van der Waals surface area contributed by atoms with E-state index in [4.69, 9.17) is 4.74 Å². The van der Waals surface area contributed by atoms with E-state index in [1.807, 2.05) is 25.4 Å². The Hall–Kier alpha value is -1.85. The maximum atomic E-state index is 13.4. The highest BCUT2D eigenvalue weighted by Gasteiger charge is 2.29. The summed E-state index contributed by atoms with van der Waals surface area (Å²) < 4.78 is 7.51. The number of carbonyl (C=O) groups excluding carboxylic acids is 1. The van der Waals surface area contributed by atoms with Crippen molar-refractivity contribution in [1.29, 1.82) is 0 Å². The van der Waals surface area contributed by atoms with Crippen LogP contribution >= 0.6 is 0 Å². The molecule has 0 unspecified atom stereocenters. The van der Waals surface area contributed by atoms with Crippen LogP contribution in [0.2, 0.25) is 0 Å². The molecule has 0 radical (unpaired) electrons. The lowest BCUT2D eigenvalue weighted by Crippen LogP contribution is -2.46. The Labute approximate surface area is 155 Å². The van der Waals surface area contributed by atoms with Crippen molar-refractivity contribution in [3.8, 4) is 0 Å². The molecule has 0 N–H and O–H groups in total. The van der Waals surface area contributed by atoms with E-state index in [0.717, 1.165) is 75.1 Å². The van der Waals surface area contributed by atoms with Gasteiger partial charge in [-0.2, -0.15) is 0 Å². The summed E-state index contributed by atoms with van der Waals surface area (Å²) in [6.45, 7) is 5.66. The number of aryl methyl sites for hydroxylation is 1. The molecule has 1 atom stereocenters. The summed E-state index contributed by atoms with van der Waals surface area (Å²) in [6.07, 6.45) is 6.54. The summed E-state index contributed by atoms with van der Waals surface area (Å²) in [4.78, 5) is 18.0. The summed E-state index contributed by atoms with van der Waals surface area (Å²) in [5.41, 5.74) is 1.97. The van der Waals surface area contributed by atoms with Gasteiger partial charge in [-0.1, -0.05) is 18.2 Å². The van der Waals surface area contributed by atoms with Crippen molar-refractivity contribution in [2.45, 2.75) is 31.7 Å². The lowest BCUT2D eigenvalue weighted by atomic mass is 9.97. The maximum Gasteiger partial charge on any atom is 0.256 e. The van der Waals surface area contributed by atoms with Crippen LogP contribution in [0.5, 0.6) is 0 Å². The van der Waals surface area contributed by atoms with Crippen LogP contribution in [0, 0.1) is 0 Å². The molecule has 1 amide bonds. The zero-order chi connectivity index (χ0) is 17.9. The van der Waals surface area contributed by atoms with Crippen molar-refractivity contribution in [3.05, 3.63) is 36.0 Å². The largest absolute Gasteiger partial charge is 0.379 e. The molecule has 2 saturated heterocycles. The van der Waals surface area contributed by atoms with Crippen LogP contribution in [0.1, 0.15) is 36.0 Å². The Bertz CT molecular complexity index is 764. The van der Waals surface area contributed by atoms with Crippen molar-refractivity contribution >= 4 is 16.8 Å². The van der Waals surface area contributed by atoms with Gasteiger partial charge in [-0.25, -0.2) is 0 Å². The number of aromatic nitrogens is 1. The summed E-state index contributed by atoms with van der Waals surface area (Å²) >= 11 is 0. The number of para-hydroxylation sites is 1. The number of carbonyl (C=O) groups is 1. The second kappa shape index (κ2) is 7.80. The van der Waals surface area contributed by atoms with Crippen LogP contribution in [-0.2, 0) is 11.8 Å². The van der Waals surface area contributed by atoms with E-state index < -0.39 is 0 Å². The van der Waals surface area contributed by atoms with E-state index in [9.17, 15) is 4.79 Å². The second-order valence-electron chi connectivity index (χ2n) is 7.56. The Balaban J connectivity index is 1.50. The number of rotatable bonds is 4. The zero-order valence-electron chi connectivity index (χ0n) is 15.7. The van der Waals surface area contributed by atoms with Gasteiger partial charge in [-0.15, -0.1) is 0 Å². The highest BCUT2D eigenvalue weighted by molar-refractivity contribution is 6.07. The van der Waals surface area contributed by atoms with Gasteiger partial charge in [0.2, 0.25) is 0 Å². The number of ether oxygens (including phenoxy) is 1. The number of hydrogen-bond acceptors (Lipinski definition) is 3. The first kappa shape index (κ1) is 17.6. The van der Waals surface area contributed by atoms with Gasteiger partial charge in [0.05, 0.1) is 18.8 Å². The van der Waals surface area contributed by atoms with Gasteiger partial charge in [0.15, 0.2) is 0 Å². The smallest absolute Gasteiger partial charge is 0.256 e. The van der Waals surface area contributed by atoms with Crippen molar-refractivity contribution in [1.82, 2.24) is 14.4 Å². The van der Waals surface area contributed by atoms with Crippen molar-refractivity contribution < 1.29 is 9.53 Å². The number of hydrogen-bond donors (Lipinski definition) is 0. The predicted molar refractivity (Wildman–Crippen MR) is 103 cm³/mol. The van der Waals surface area contributed by atoms with E-state index in [1.54, 1.807) is 0 Å². The highest BCUT2D eigenvalue weighted by Crippen LogP contribution is 2.27. The van der Waals surface area contributed by atoms with Crippen LogP contribution < -0.4 is 0 Å². The number of morpholine rings is 1. The topological polar surface area (TPSA) is 37.7 Å². The first-order valence-corrected chi connectivity index (χ1v) is 9.89. The van der Waals surface area contributed by atoms with Gasteiger partial charge in [0, 0.05) is 56.4 Å². The van der Waals surface area contributed by atoms with E-state index in [-0.39, 0.29) is 5.91 Å². The fraction of sp³-hybridized carbons (Fsp3) is 0.571. The molecule has 2 aliphatic rings. The monoisotopic (exact) mass is 355 g/mol. The summed E-state index contributed by atoms with van der Waals surface area (Å²) in [7, 11) is 2.02. The Morgan fingerprint density at radius 3 is 2.81 bits per heavy atom.